The minimum atomic E-state index is -0.896. The number of nitrogens with one attached hydrogen (secondary N) is 1. The number of hydrogen-bond acceptors (Lipinski definition) is 7. The number of methoxy groups -OCH3 is 1. The molecule has 0 unspecified atom stereocenters. The second-order valence-corrected chi connectivity index (χ2v) is 11.9. The van der Waals surface area contributed by atoms with Gasteiger partial charge in [-0.2, -0.15) is 5.10 Å². The Labute approximate surface area is 280 Å². The van der Waals surface area contributed by atoms with Gasteiger partial charge in [-0.15, -0.1) is 12.4 Å². The van der Waals surface area contributed by atoms with Gasteiger partial charge in [-0.3, -0.25) is 24.6 Å². The third-order valence-corrected chi connectivity index (χ3v) is 8.94. The molecule has 0 spiro atoms. The van der Waals surface area contributed by atoms with Crippen molar-refractivity contribution < 1.29 is 14.3 Å². The molecule has 1 atom stereocenters. The van der Waals surface area contributed by atoms with E-state index in [9.17, 15) is 9.59 Å². The summed E-state index contributed by atoms with van der Waals surface area (Å²) in [5.41, 5.74) is 17.3. The first-order chi connectivity index (χ1) is 22.4. The maximum absolute atomic E-state index is 14.3. The quantitative estimate of drug-likeness (QED) is 0.171. The van der Waals surface area contributed by atoms with Gasteiger partial charge in [0, 0.05) is 42.3 Å². The monoisotopic (exact) mass is 653 g/mol. The number of primary amides is 1. The lowest BCUT2D eigenvalue weighted by Gasteiger charge is -2.35. The Balaban J connectivity index is 0.00000433. The average molecular weight is 654 g/mol. The highest BCUT2D eigenvalue weighted by Crippen LogP contribution is 2.34. The maximum Gasteiger partial charge on any atom is 0.240 e. The summed E-state index contributed by atoms with van der Waals surface area (Å²) in [6.45, 7) is 0.936. The number of nitrogens with two attached hydrogens (primary N) is 2. The van der Waals surface area contributed by atoms with Gasteiger partial charge in [0.2, 0.25) is 11.8 Å². The molecule has 10 nitrogen and oxygen atoms in total. The summed E-state index contributed by atoms with van der Waals surface area (Å²) in [6.07, 6.45) is 5.27. The van der Waals surface area contributed by atoms with Crippen LogP contribution in [0.4, 0.5) is 5.69 Å². The summed E-state index contributed by atoms with van der Waals surface area (Å²) < 4.78 is 5.14. The van der Waals surface area contributed by atoms with E-state index in [-0.39, 0.29) is 30.7 Å². The van der Waals surface area contributed by atoms with Crippen LogP contribution in [0, 0.1) is 11.8 Å². The summed E-state index contributed by atoms with van der Waals surface area (Å²) in [5.74, 6) is 0.670. The van der Waals surface area contributed by atoms with E-state index in [1.165, 1.54) is 0 Å². The van der Waals surface area contributed by atoms with Gasteiger partial charge in [-0.05, 0) is 91.2 Å². The van der Waals surface area contributed by atoms with E-state index in [4.69, 9.17) is 16.2 Å². The van der Waals surface area contributed by atoms with Crippen LogP contribution in [0.1, 0.15) is 37.1 Å². The van der Waals surface area contributed by atoms with E-state index < -0.39 is 11.9 Å². The highest BCUT2D eigenvalue weighted by atomic mass is 35.5. The largest absolute Gasteiger partial charge is 0.377 e. The van der Waals surface area contributed by atoms with Crippen LogP contribution in [0.15, 0.2) is 85.1 Å². The summed E-state index contributed by atoms with van der Waals surface area (Å²) in [5, 5.41) is 8.21. The number of benzene rings is 3. The van der Waals surface area contributed by atoms with Crippen molar-refractivity contribution in [2.75, 3.05) is 18.6 Å². The maximum atomic E-state index is 14.3. The van der Waals surface area contributed by atoms with E-state index in [2.05, 4.69) is 38.4 Å². The molecule has 2 amide bonds. The number of rotatable bonds is 11. The first-order valence-corrected chi connectivity index (χ1v) is 15.7. The van der Waals surface area contributed by atoms with Crippen molar-refractivity contribution >= 4 is 40.8 Å². The number of hydrogen-bond donors (Lipinski definition) is 3. The van der Waals surface area contributed by atoms with E-state index in [0.29, 0.717) is 36.4 Å². The normalized spacial score (nSPS) is 16.7. The zero-order valence-corrected chi connectivity index (χ0v) is 27.2. The number of amides is 2. The third-order valence-electron chi connectivity index (χ3n) is 8.94. The Kier molecular flexibility index (Phi) is 11.0. The Hall–Kier alpha value is -4.64. The van der Waals surface area contributed by atoms with E-state index >= 15 is 0 Å². The molecule has 6 rings (SSSR count). The van der Waals surface area contributed by atoms with Crippen LogP contribution in [-0.2, 0) is 27.4 Å². The zero-order chi connectivity index (χ0) is 32.0. The van der Waals surface area contributed by atoms with Gasteiger partial charge in [0.05, 0.1) is 5.52 Å². The average Bonchev–Trinajstić information content (AvgIpc) is 3.57. The van der Waals surface area contributed by atoms with Crippen molar-refractivity contribution in [2.45, 2.75) is 44.8 Å². The summed E-state index contributed by atoms with van der Waals surface area (Å²) in [7, 11) is 1.59. The Morgan fingerprint density at radius 2 is 1.74 bits per heavy atom. The number of H-pyrrole nitrogens is 1. The fourth-order valence-electron chi connectivity index (χ4n) is 6.46. The molecule has 1 aliphatic rings. The standard InChI is InChI=1S/C36H39N7O3.ClH/c1-46-22-33-40-35(42-41-33)25-14-16-28(17-15-25)43(36(45)26-12-10-23(21-37)11-13-26)32(34(38)44)20-24-5-2-6-27(19-24)29-7-3-9-31-30(29)8-4-18-39-31;/h2-9,14-19,23,26,32H,10-13,20-22,37H2,1H3,(H2,38,44)(H,40,41,42);1H/t23?,26?,32-;/m0./s1. The van der Waals surface area contributed by atoms with Crippen LogP contribution in [-0.4, -0.2) is 51.7 Å². The number of nitrogens with zero attached hydrogens (tertiary/aromatic N) is 4. The van der Waals surface area contributed by atoms with Crippen LogP contribution in [0.25, 0.3) is 33.4 Å². The minimum Gasteiger partial charge on any atom is -0.377 e. The minimum absolute atomic E-state index is 0. The fraction of sp³-hybridized carbons (Fsp3) is 0.306. The van der Waals surface area contributed by atoms with Crippen molar-refractivity contribution in [3.8, 4) is 22.5 Å². The topological polar surface area (TPSA) is 153 Å². The molecule has 0 radical (unpaired) electrons. The first-order valence-electron chi connectivity index (χ1n) is 15.7. The molecule has 3 aromatic carbocycles. The number of fused-ring (bicyclic) bond motifs is 1. The molecule has 11 heteroatoms. The van der Waals surface area contributed by atoms with Crippen LogP contribution in [0.2, 0.25) is 0 Å². The van der Waals surface area contributed by atoms with Crippen molar-refractivity contribution in [2.24, 2.45) is 23.3 Å². The van der Waals surface area contributed by atoms with Gasteiger partial charge < -0.3 is 16.2 Å². The molecule has 5 aromatic rings. The summed E-state index contributed by atoms with van der Waals surface area (Å²) in [6, 6.07) is 24.6. The molecule has 2 heterocycles. The number of pyridine rings is 1. The highest BCUT2D eigenvalue weighted by molar-refractivity contribution is 6.02. The first kappa shape index (κ1) is 33.7. The second kappa shape index (κ2) is 15.3. The lowest BCUT2D eigenvalue weighted by atomic mass is 9.81. The van der Waals surface area contributed by atoms with Gasteiger partial charge in [-0.25, -0.2) is 4.98 Å². The van der Waals surface area contributed by atoms with Crippen LogP contribution >= 0.6 is 12.4 Å². The molecule has 5 N–H and O–H groups in total. The third kappa shape index (κ3) is 7.51. The number of anilines is 1. The molecule has 244 valence electrons. The molecule has 1 aliphatic carbocycles. The molecule has 0 bridgehead atoms. The van der Waals surface area contributed by atoms with Crippen molar-refractivity contribution in [3.63, 3.8) is 0 Å². The van der Waals surface area contributed by atoms with Gasteiger partial charge >= 0.3 is 0 Å². The lowest BCUT2D eigenvalue weighted by molar-refractivity contribution is -0.127. The van der Waals surface area contributed by atoms with Gasteiger partial charge in [0.1, 0.15) is 12.6 Å². The van der Waals surface area contributed by atoms with Crippen LogP contribution in [0.5, 0.6) is 0 Å². The number of carbonyl (C=O) groups excluding carboxylic acids is 2. The predicted molar refractivity (Wildman–Crippen MR) is 186 cm³/mol. The van der Waals surface area contributed by atoms with E-state index in [0.717, 1.165) is 58.8 Å². The smallest absolute Gasteiger partial charge is 0.240 e. The highest BCUT2D eigenvalue weighted by Gasteiger charge is 2.36. The molecule has 0 aliphatic heterocycles. The van der Waals surface area contributed by atoms with Crippen LogP contribution in [0.3, 0.4) is 0 Å². The Morgan fingerprint density at radius 3 is 2.47 bits per heavy atom. The number of ether oxygens (including phenoxy) is 1. The van der Waals surface area contributed by atoms with E-state index in [1.54, 1.807) is 18.2 Å². The Morgan fingerprint density at radius 1 is 0.979 bits per heavy atom. The van der Waals surface area contributed by atoms with Gasteiger partial charge in [0.15, 0.2) is 11.6 Å². The molecule has 2 aromatic heterocycles. The zero-order valence-electron chi connectivity index (χ0n) is 26.3. The number of carbonyl (C=O) groups is 2. The van der Waals surface area contributed by atoms with Crippen molar-refractivity contribution in [1.82, 2.24) is 20.2 Å². The summed E-state index contributed by atoms with van der Waals surface area (Å²) >= 11 is 0. The molecule has 1 saturated carbocycles. The number of halogens is 1. The van der Waals surface area contributed by atoms with E-state index in [1.807, 2.05) is 60.7 Å². The summed E-state index contributed by atoms with van der Waals surface area (Å²) in [4.78, 5) is 38.2. The van der Waals surface area contributed by atoms with Gasteiger partial charge in [0.25, 0.3) is 0 Å². The molecular formula is C36H40ClN7O3. The molecule has 0 saturated heterocycles. The predicted octanol–water partition coefficient (Wildman–Crippen LogP) is 5.45. The van der Waals surface area contributed by atoms with Gasteiger partial charge in [-0.1, -0.05) is 42.5 Å². The lowest BCUT2D eigenvalue weighted by Crippen LogP contribution is -2.52. The fourth-order valence-corrected chi connectivity index (χ4v) is 6.46. The Bertz CT molecular complexity index is 1810. The van der Waals surface area contributed by atoms with Crippen LogP contribution < -0.4 is 16.4 Å². The SMILES string of the molecule is COCc1nc(-c2ccc(N(C(=O)C3CCC(CN)CC3)[C@@H](Cc3cccc(-c4cccc5ncccc45)c3)C(N)=O)cc2)n[nH]1.Cl. The van der Waals surface area contributed by atoms with Crippen molar-refractivity contribution in [1.29, 1.82) is 0 Å². The molecule has 1 fully saturated rings. The molecular weight excluding hydrogens is 614 g/mol. The number of aromatic nitrogens is 4. The molecule has 47 heavy (non-hydrogen) atoms. The number of aromatic amines is 1. The second-order valence-electron chi connectivity index (χ2n) is 11.9. The van der Waals surface area contributed by atoms with Crippen molar-refractivity contribution in [3.05, 3.63) is 96.4 Å².